The Morgan fingerprint density at radius 2 is 2.11 bits per heavy atom. The van der Waals surface area contributed by atoms with Crippen LogP contribution in [0.1, 0.15) is 21.5 Å². The molecule has 0 aliphatic carbocycles. The summed E-state index contributed by atoms with van der Waals surface area (Å²) in [7, 11) is 0. The van der Waals surface area contributed by atoms with E-state index in [0.717, 1.165) is 11.3 Å². The second kappa shape index (κ2) is 5.76. The molecule has 1 aromatic heterocycles. The fraction of sp³-hybridized carbons (Fsp3) is 0.400. The first kappa shape index (κ1) is 14.4. The number of aliphatic carboxylic acids is 1. The van der Waals surface area contributed by atoms with E-state index >= 15 is 0 Å². The van der Waals surface area contributed by atoms with Crippen LogP contribution in [0.5, 0.6) is 5.75 Å². The average molecular weight is 279 g/mol. The van der Waals surface area contributed by atoms with Crippen LogP contribution in [0.4, 0.5) is 8.78 Å². The lowest BCUT2D eigenvalue weighted by Crippen LogP contribution is -2.38. The zero-order valence-electron chi connectivity index (χ0n) is 9.57. The van der Waals surface area contributed by atoms with E-state index in [2.05, 4.69) is 10.1 Å². The molecule has 5 nitrogen and oxygen atoms in total. The molecule has 0 aromatic carbocycles. The first-order valence-electron chi connectivity index (χ1n) is 4.90. The summed E-state index contributed by atoms with van der Waals surface area (Å²) in [6.07, 6.45) is 0. The molecule has 0 saturated carbocycles. The first-order chi connectivity index (χ1) is 8.31. The minimum atomic E-state index is -3.04. The molecular formula is C10H11F2NO4S. The van der Waals surface area contributed by atoms with E-state index in [1.165, 1.54) is 13.0 Å². The normalized spacial score (nSPS) is 12.3. The summed E-state index contributed by atoms with van der Waals surface area (Å²) in [4.78, 5) is 22.8. The number of carbonyl (C=O) groups is 2. The van der Waals surface area contributed by atoms with Crippen molar-refractivity contribution >= 4 is 23.2 Å². The summed E-state index contributed by atoms with van der Waals surface area (Å²) in [6.45, 7) is -0.142. The van der Waals surface area contributed by atoms with Crippen molar-refractivity contribution in [3.63, 3.8) is 0 Å². The van der Waals surface area contributed by atoms with Gasteiger partial charge >= 0.3 is 12.6 Å². The molecule has 1 atom stereocenters. The monoisotopic (exact) mass is 279 g/mol. The maximum Gasteiger partial charge on any atom is 0.387 e. The van der Waals surface area contributed by atoms with Gasteiger partial charge in [-0.2, -0.15) is 8.78 Å². The molecule has 2 N–H and O–H groups in total. The lowest BCUT2D eigenvalue weighted by atomic mass is 10.3. The van der Waals surface area contributed by atoms with Crippen molar-refractivity contribution in [1.29, 1.82) is 0 Å². The number of thiophene rings is 1. The van der Waals surface area contributed by atoms with Crippen molar-refractivity contribution < 1.29 is 28.2 Å². The van der Waals surface area contributed by atoms with Crippen LogP contribution in [0.25, 0.3) is 0 Å². The Labute approximate surface area is 105 Å². The van der Waals surface area contributed by atoms with E-state index in [1.54, 1.807) is 6.92 Å². The van der Waals surface area contributed by atoms with E-state index in [1.807, 2.05) is 0 Å². The van der Waals surface area contributed by atoms with Gasteiger partial charge in [0, 0.05) is 4.88 Å². The molecular weight excluding hydrogens is 268 g/mol. The van der Waals surface area contributed by atoms with Crippen LogP contribution in [0.15, 0.2) is 6.07 Å². The molecule has 1 rings (SSSR count). The summed E-state index contributed by atoms with van der Waals surface area (Å²) in [5.41, 5.74) is 0. The van der Waals surface area contributed by atoms with Crippen molar-refractivity contribution in [2.75, 3.05) is 0 Å². The molecule has 0 aliphatic rings. The van der Waals surface area contributed by atoms with Gasteiger partial charge in [0.1, 0.15) is 16.7 Å². The number of rotatable bonds is 5. The van der Waals surface area contributed by atoms with Gasteiger partial charge in [0.2, 0.25) is 0 Å². The third-order valence-corrected chi connectivity index (χ3v) is 2.99. The Balaban J connectivity index is 2.88. The highest BCUT2D eigenvalue weighted by molar-refractivity contribution is 7.14. The molecule has 1 amide bonds. The fourth-order valence-corrected chi connectivity index (χ4v) is 2.00. The minimum absolute atomic E-state index is 0.0686. The molecule has 100 valence electrons. The Morgan fingerprint density at radius 3 is 2.61 bits per heavy atom. The quantitative estimate of drug-likeness (QED) is 0.862. The third kappa shape index (κ3) is 3.66. The number of aryl methyl sites for hydroxylation is 1. The number of halogens is 2. The number of ether oxygens (including phenoxy) is 1. The van der Waals surface area contributed by atoms with E-state index in [0.29, 0.717) is 4.88 Å². The summed E-state index contributed by atoms with van der Waals surface area (Å²) in [5.74, 6) is -2.21. The first-order valence-corrected chi connectivity index (χ1v) is 5.71. The number of hydrogen-bond acceptors (Lipinski definition) is 4. The topological polar surface area (TPSA) is 75.6 Å². The Morgan fingerprint density at radius 1 is 1.50 bits per heavy atom. The van der Waals surface area contributed by atoms with E-state index in [-0.39, 0.29) is 10.6 Å². The van der Waals surface area contributed by atoms with Gasteiger partial charge < -0.3 is 15.2 Å². The maximum atomic E-state index is 12.1. The molecule has 0 bridgehead atoms. The average Bonchev–Trinajstić information content (AvgIpc) is 2.58. The summed E-state index contributed by atoms with van der Waals surface area (Å²) in [6, 6.07) is 0.191. The molecule has 0 unspecified atom stereocenters. The molecule has 0 aliphatic heterocycles. The predicted molar refractivity (Wildman–Crippen MR) is 60.3 cm³/mol. The van der Waals surface area contributed by atoms with Crippen molar-refractivity contribution in [2.24, 2.45) is 0 Å². The van der Waals surface area contributed by atoms with Crippen LogP contribution in [0, 0.1) is 6.92 Å². The molecule has 0 spiro atoms. The summed E-state index contributed by atoms with van der Waals surface area (Å²) >= 11 is 0.955. The van der Waals surface area contributed by atoms with Gasteiger partial charge in [0.05, 0.1) is 0 Å². The number of carboxylic acid groups (broad SMARTS) is 1. The smallest absolute Gasteiger partial charge is 0.387 e. The number of nitrogens with one attached hydrogen (secondary N) is 1. The Bertz CT molecular complexity index is 461. The highest BCUT2D eigenvalue weighted by Crippen LogP contribution is 2.30. The van der Waals surface area contributed by atoms with Gasteiger partial charge in [-0.1, -0.05) is 0 Å². The Kier molecular flexibility index (Phi) is 4.60. The van der Waals surface area contributed by atoms with Gasteiger partial charge in [0.25, 0.3) is 5.91 Å². The zero-order valence-corrected chi connectivity index (χ0v) is 10.4. The van der Waals surface area contributed by atoms with Crippen LogP contribution in [-0.2, 0) is 4.79 Å². The van der Waals surface area contributed by atoms with Crippen LogP contribution in [-0.4, -0.2) is 29.6 Å². The van der Waals surface area contributed by atoms with Gasteiger partial charge in [0.15, 0.2) is 0 Å². The second-order valence-electron chi connectivity index (χ2n) is 3.46. The van der Waals surface area contributed by atoms with Crippen molar-refractivity contribution in [2.45, 2.75) is 26.5 Å². The molecule has 0 radical (unpaired) electrons. The summed E-state index contributed by atoms with van der Waals surface area (Å²) in [5, 5.41) is 10.8. The largest absolute Gasteiger partial charge is 0.480 e. The lowest BCUT2D eigenvalue weighted by molar-refractivity contribution is -0.138. The van der Waals surface area contributed by atoms with Gasteiger partial charge in [-0.15, -0.1) is 11.3 Å². The summed E-state index contributed by atoms with van der Waals surface area (Å²) < 4.78 is 28.4. The molecule has 8 heteroatoms. The highest BCUT2D eigenvalue weighted by Gasteiger charge is 2.22. The lowest BCUT2D eigenvalue weighted by Gasteiger charge is -2.09. The van der Waals surface area contributed by atoms with Crippen molar-refractivity contribution in [3.8, 4) is 5.75 Å². The highest BCUT2D eigenvalue weighted by atomic mass is 32.1. The van der Waals surface area contributed by atoms with Crippen LogP contribution < -0.4 is 10.1 Å². The van der Waals surface area contributed by atoms with Crippen LogP contribution >= 0.6 is 11.3 Å². The van der Waals surface area contributed by atoms with E-state index in [4.69, 9.17) is 5.11 Å². The van der Waals surface area contributed by atoms with Crippen LogP contribution in [0.2, 0.25) is 0 Å². The second-order valence-corrected chi connectivity index (χ2v) is 4.72. The fourth-order valence-electron chi connectivity index (χ4n) is 1.16. The van der Waals surface area contributed by atoms with E-state index in [9.17, 15) is 18.4 Å². The SMILES string of the molecule is Cc1cc(OC(F)F)c(C(=O)N[C@@H](C)C(=O)O)s1. The minimum Gasteiger partial charge on any atom is -0.480 e. The van der Waals surface area contributed by atoms with Crippen molar-refractivity contribution in [1.82, 2.24) is 5.32 Å². The maximum absolute atomic E-state index is 12.1. The van der Waals surface area contributed by atoms with Gasteiger partial charge in [-0.25, -0.2) is 0 Å². The molecule has 0 saturated heterocycles. The molecule has 1 heterocycles. The molecule has 1 aromatic rings. The third-order valence-electron chi connectivity index (χ3n) is 1.96. The number of carboxylic acids is 1. The number of carbonyl (C=O) groups excluding carboxylic acids is 1. The molecule has 0 fully saturated rings. The van der Waals surface area contributed by atoms with Gasteiger partial charge in [-0.3, -0.25) is 9.59 Å². The van der Waals surface area contributed by atoms with Gasteiger partial charge in [-0.05, 0) is 19.9 Å². The predicted octanol–water partition coefficient (Wildman–Crippen LogP) is 1.86. The standard InChI is InChI=1S/C10H11F2NO4S/c1-4-3-6(17-10(11)12)7(18-4)8(14)13-5(2)9(15)16/h3,5,10H,1-2H3,(H,13,14)(H,15,16)/t5-/m0/s1. The van der Waals surface area contributed by atoms with E-state index < -0.39 is 24.5 Å². The Hall–Kier alpha value is -1.70. The van der Waals surface area contributed by atoms with Crippen LogP contribution in [0.3, 0.4) is 0 Å². The number of amides is 1. The molecule has 18 heavy (non-hydrogen) atoms. The number of alkyl halides is 2. The van der Waals surface area contributed by atoms with Crippen molar-refractivity contribution in [3.05, 3.63) is 15.8 Å². The number of hydrogen-bond donors (Lipinski definition) is 2. The zero-order chi connectivity index (χ0) is 13.9.